The number of nitrogens with zero attached hydrogens (tertiary/aromatic N) is 1. The van der Waals surface area contributed by atoms with Gasteiger partial charge in [0, 0.05) is 23.5 Å². The van der Waals surface area contributed by atoms with Crippen LogP contribution >= 0.6 is 11.3 Å². The van der Waals surface area contributed by atoms with Crippen molar-refractivity contribution in [3.8, 4) is 0 Å². The van der Waals surface area contributed by atoms with Gasteiger partial charge in [-0.1, -0.05) is 30.3 Å². The number of Topliss-reactive ketones (excluding diaryl/α,β-unsaturated/α-hetero) is 1. The second kappa shape index (κ2) is 8.26. The first-order valence-electron chi connectivity index (χ1n) is 7.99. The Labute approximate surface area is 154 Å². The molecule has 132 valence electrons. The number of nitrogens with one attached hydrogen (secondary N) is 2. The van der Waals surface area contributed by atoms with E-state index < -0.39 is 11.8 Å². The summed E-state index contributed by atoms with van der Waals surface area (Å²) < 4.78 is 0. The number of ketones is 1. The standard InChI is InChI=1S/C19H17N3O3S/c23-16(17-9-5-11-26-17)13-22-10-4-8-15(12-22)19(25)21-20-18(24)14-6-2-1-3-7-14/h1-7,9-12H,8,13H2,(H,20,24)(H,21,25). The quantitative estimate of drug-likeness (QED) is 0.629. The SMILES string of the molecule is O=C(NNC(=O)c1ccccc1)C1=CN(CC(=O)c2cccs2)C=CC1. The van der Waals surface area contributed by atoms with Crippen LogP contribution in [0.2, 0.25) is 0 Å². The molecule has 0 fully saturated rings. The smallest absolute Gasteiger partial charge is 0.269 e. The van der Waals surface area contributed by atoms with Crippen molar-refractivity contribution in [2.24, 2.45) is 0 Å². The minimum Gasteiger partial charge on any atom is -0.346 e. The van der Waals surface area contributed by atoms with Crippen LogP contribution in [0.5, 0.6) is 0 Å². The van der Waals surface area contributed by atoms with Crippen LogP contribution in [0.1, 0.15) is 26.5 Å². The maximum Gasteiger partial charge on any atom is 0.269 e. The molecule has 2 aromatic rings. The number of hydrazine groups is 1. The molecule has 2 amide bonds. The van der Waals surface area contributed by atoms with E-state index in [-0.39, 0.29) is 12.3 Å². The molecule has 0 atom stereocenters. The molecule has 3 rings (SSSR count). The topological polar surface area (TPSA) is 78.5 Å². The highest BCUT2D eigenvalue weighted by Gasteiger charge is 2.16. The first-order valence-corrected chi connectivity index (χ1v) is 8.87. The Hall–Kier alpha value is -3.19. The molecule has 0 bridgehead atoms. The average molecular weight is 367 g/mol. The Morgan fingerprint density at radius 1 is 1.00 bits per heavy atom. The third kappa shape index (κ3) is 4.46. The van der Waals surface area contributed by atoms with Gasteiger partial charge < -0.3 is 4.90 Å². The number of benzene rings is 1. The van der Waals surface area contributed by atoms with E-state index in [1.807, 2.05) is 11.4 Å². The molecular formula is C19H17N3O3S. The molecule has 0 radical (unpaired) electrons. The second-order valence-corrected chi connectivity index (χ2v) is 6.54. The first-order chi connectivity index (χ1) is 12.6. The van der Waals surface area contributed by atoms with E-state index in [9.17, 15) is 14.4 Å². The monoisotopic (exact) mass is 367 g/mol. The van der Waals surface area contributed by atoms with E-state index in [1.54, 1.807) is 59.8 Å². The molecule has 0 saturated heterocycles. The van der Waals surface area contributed by atoms with Crippen molar-refractivity contribution in [1.82, 2.24) is 15.8 Å². The van der Waals surface area contributed by atoms with E-state index in [1.165, 1.54) is 11.3 Å². The highest BCUT2D eigenvalue weighted by molar-refractivity contribution is 7.12. The number of hydrogen-bond donors (Lipinski definition) is 2. The molecule has 1 aliphatic rings. The minimum absolute atomic E-state index is 0.0139. The zero-order chi connectivity index (χ0) is 18.4. The lowest BCUT2D eigenvalue weighted by atomic mass is 10.1. The average Bonchev–Trinajstić information content (AvgIpc) is 3.22. The Morgan fingerprint density at radius 2 is 1.77 bits per heavy atom. The van der Waals surface area contributed by atoms with Gasteiger partial charge in [-0.05, 0) is 30.0 Å². The van der Waals surface area contributed by atoms with Crippen LogP contribution in [0.25, 0.3) is 0 Å². The van der Waals surface area contributed by atoms with Crippen LogP contribution in [0, 0.1) is 0 Å². The molecule has 2 N–H and O–H groups in total. The summed E-state index contributed by atoms with van der Waals surface area (Å²) >= 11 is 1.39. The fraction of sp³-hybridized carbons (Fsp3) is 0.105. The lowest BCUT2D eigenvalue weighted by molar-refractivity contribution is -0.118. The van der Waals surface area contributed by atoms with Crippen LogP contribution in [-0.2, 0) is 4.79 Å². The lowest BCUT2D eigenvalue weighted by Crippen LogP contribution is -2.42. The Morgan fingerprint density at radius 3 is 2.50 bits per heavy atom. The summed E-state index contributed by atoms with van der Waals surface area (Å²) in [5.74, 6) is -0.817. The lowest BCUT2D eigenvalue weighted by Gasteiger charge is -2.20. The number of allylic oxidation sites excluding steroid dienone is 1. The minimum atomic E-state index is -0.410. The van der Waals surface area contributed by atoms with Gasteiger partial charge in [-0.3, -0.25) is 25.2 Å². The van der Waals surface area contributed by atoms with Crippen molar-refractivity contribution in [2.45, 2.75) is 6.42 Å². The summed E-state index contributed by atoms with van der Waals surface area (Å²) in [6.07, 6.45) is 5.62. The molecule has 0 spiro atoms. The number of rotatable bonds is 5. The summed E-state index contributed by atoms with van der Waals surface area (Å²) in [6, 6.07) is 12.2. The highest BCUT2D eigenvalue weighted by atomic mass is 32.1. The Kier molecular flexibility index (Phi) is 5.60. The molecule has 1 aromatic carbocycles. The number of hydrogen-bond acceptors (Lipinski definition) is 5. The third-order valence-corrected chi connectivity index (χ3v) is 4.61. The molecule has 0 aliphatic carbocycles. The van der Waals surface area contributed by atoms with Crippen LogP contribution in [0.4, 0.5) is 0 Å². The van der Waals surface area contributed by atoms with Gasteiger partial charge in [0.25, 0.3) is 11.8 Å². The zero-order valence-electron chi connectivity index (χ0n) is 13.8. The van der Waals surface area contributed by atoms with E-state index in [0.717, 1.165) is 0 Å². The van der Waals surface area contributed by atoms with Gasteiger partial charge in [0.2, 0.25) is 0 Å². The Bertz CT molecular complexity index is 857. The van der Waals surface area contributed by atoms with Gasteiger partial charge in [0.15, 0.2) is 5.78 Å². The van der Waals surface area contributed by atoms with Crippen LogP contribution < -0.4 is 10.9 Å². The molecule has 1 aliphatic heterocycles. The second-order valence-electron chi connectivity index (χ2n) is 5.59. The van der Waals surface area contributed by atoms with Gasteiger partial charge in [-0.25, -0.2) is 0 Å². The summed E-state index contributed by atoms with van der Waals surface area (Å²) in [5.41, 5.74) is 5.70. The van der Waals surface area contributed by atoms with E-state index in [0.29, 0.717) is 22.4 Å². The highest BCUT2D eigenvalue weighted by Crippen LogP contribution is 2.15. The van der Waals surface area contributed by atoms with Crippen LogP contribution in [-0.4, -0.2) is 29.0 Å². The molecule has 1 aromatic heterocycles. The number of amides is 2. The summed E-state index contributed by atoms with van der Waals surface area (Å²) in [6.45, 7) is 0.157. The van der Waals surface area contributed by atoms with E-state index >= 15 is 0 Å². The first kappa shape index (κ1) is 17.6. The van der Waals surface area contributed by atoms with Gasteiger partial charge in [0.05, 0.1) is 11.4 Å². The van der Waals surface area contributed by atoms with Gasteiger partial charge >= 0.3 is 0 Å². The van der Waals surface area contributed by atoms with Gasteiger partial charge in [0.1, 0.15) is 0 Å². The predicted octanol–water partition coefficient (Wildman–Crippen LogP) is 2.50. The molecule has 26 heavy (non-hydrogen) atoms. The van der Waals surface area contributed by atoms with Crippen molar-refractivity contribution in [2.75, 3.05) is 6.54 Å². The Balaban J connectivity index is 1.56. The van der Waals surface area contributed by atoms with E-state index in [4.69, 9.17) is 0 Å². The number of thiophene rings is 1. The largest absolute Gasteiger partial charge is 0.346 e. The van der Waals surface area contributed by atoms with Gasteiger partial charge in [-0.2, -0.15) is 0 Å². The van der Waals surface area contributed by atoms with Crippen molar-refractivity contribution in [1.29, 1.82) is 0 Å². The maximum atomic E-state index is 12.3. The van der Waals surface area contributed by atoms with Crippen molar-refractivity contribution in [3.63, 3.8) is 0 Å². The molecule has 6 nitrogen and oxygen atoms in total. The summed E-state index contributed by atoms with van der Waals surface area (Å²) in [7, 11) is 0. The number of carbonyl (C=O) groups is 3. The molecule has 7 heteroatoms. The fourth-order valence-electron chi connectivity index (χ4n) is 2.40. The normalized spacial score (nSPS) is 13.1. The number of carbonyl (C=O) groups excluding carboxylic acids is 3. The maximum absolute atomic E-state index is 12.3. The molecular weight excluding hydrogens is 350 g/mol. The van der Waals surface area contributed by atoms with Crippen LogP contribution in [0.15, 0.2) is 71.9 Å². The third-order valence-electron chi connectivity index (χ3n) is 3.70. The predicted molar refractivity (Wildman–Crippen MR) is 99.2 cm³/mol. The fourth-order valence-corrected chi connectivity index (χ4v) is 3.05. The van der Waals surface area contributed by atoms with Crippen molar-refractivity contribution < 1.29 is 14.4 Å². The van der Waals surface area contributed by atoms with Crippen molar-refractivity contribution in [3.05, 3.63) is 82.3 Å². The summed E-state index contributed by atoms with van der Waals surface area (Å²) in [5, 5.41) is 1.85. The summed E-state index contributed by atoms with van der Waals surface area (Å²) in [4.78, 5) is 38.7. The van der Waals surface area contributed by atoms with Gasteiger partial charge in [-0.15, -0.1) is 11.3 Å². The van der Waals surface area contributed by atoms with Crippen molar-refractivity contribution >= 4 is 28.9 Å². The van der Waals surface area contributed by atoms with E-state index in [2.05, 4.69) is 10.9 Å². The molecule has 0 saturated carbocycles. The zero-order valence-corrected chi connectivity index (χ0v) is 14.7. The van der Waals surface area contributed by atoms with Crippen LogP contribution in [0.3, 0.4) is 0 Å². The molecule has 0 unspecified atom stereocenters. The molecule has 2 heterocycles.